The van der Waals surface area contributed by atoms with Crippen LogP contribution in [0.3, 0.4) is 0 Å². The lowest BCUT2D eigenvalue weighted by Gasteiger charge is -2.05. The van der Waals surface area contributed by atoms with E-state index in [-0.39, 0.29) is 0 Å². The normalized spacial score (nSPS) is 10.4. The smallest absolute Gasteiger partial charge is 0.0346 e. The summed E-state index contributed by atoms with van der Waals surface area (Å²) in [5, 5.41) is 5.93. The van der Waals surface area contributed by atoms with Gasteiger partial charge in [-0.2, -0.15) is 0 Å². The molecule has 0 fully saturated rings. The number of hydrogen-bond acceptors (Lipinski definition) is 1. The summed E-state index contributed by atoms with van der Waals surface area (Å²) >= 11 is 0. The molecule has 0 saturated heterocycles. The molecule has 0 aromatic heterocycles. The summed E-state index contributed by atoms with van der Waals surface area (Å²) in [6.45, 7) is 5.20. The molecule has 0 heterocycles. The summed E-state index contributed by atoms with van der Waals surface area (Å²) in [5.41, 5.74) is 2.51. The van der Waals surface area contributed by atoms with E-state index in [4.69, 9.17) is 0 Å². The third-order valence-electron chi connectivity index (χ3n) is 2.38. The quantitative estimate of drug-likeness (QED) is 0.754. The minimum atomic E-state index is 0.970. The van der Waals surface area contributed by atoms with Crippen molar-refractivity contribution in [3.8, 4) is 0 Å². The molecule has 0 aliphatic rings. The number of nitrogens with one attached hydrogen (secondary N) is 1. The molecule has 1 N–H and O–H groups in total. The second-order valence-corrected chi connectivity index (χ2v) is 3.60. The summed E-state index contributed by atoms with van der Waals surface area (Å²) in [4.78, 5) is 0. The van der Waals surface area contributed by atoms with Crippen molar-refractivity contribution in [1.82, 2.24) is 0 Å². The molecule has 2 aromatic rings. The minimum Gasteiger partial charge on any atom is -0.385 e. The van der Waals surface area contributed by atoms with Crippen LogP contribution >= 0.6 is 0 Å². The van der Waals surface area contributed by atoms with Crippen LogP contribution in [0.5, 0.6) is 0 Å². The minimum absolute atomic E-state index is 0.970. The van der Waals surface area contributed by atoms with Gasteiger partial charge in [-0.15, -0.1) is 0 Å². The highest BCUT2D eigenvalue weighted by atomic mass is 14.8. The fraction of sp³-hybridized carbons (Fsp3) is 0.231. The molecule has 0 aliphatic heterocycles. The first-order valence-corrected chi connectivity index (χ1v) is 5.04. The van der Waals surface area contributed by atoms with Crippen molar-refractivity contribution in [3.05, 3.63) is 42.0 Å². The molecule has 2 aromatic carbocycles. The molecule has 72 valence electrons. The first-order chi connectivity index (χ1) is 6.79. The van der Waals surface area contributed by atoms with Gasteiger partial charge in [-0.05, 0) is 36.8 Å². The van der Waals surface area contributed by atoms with E-state index in [1.807, 2.05) is 0 Å². The van der Waals surface area contributed by atoms with E-state index in [0.29, 0.717) is 0 Å². The SMILES string of the molecule is CCNc1ccc2cc(C)ccc2c1. The van der Waals surface area contributed by atoms with Gasteiger partial charge in [-0.3, -0.25) is 0 Å². The number of benzene rings is 2. The summed E-state index contributed by atoms with van der Waals surface area (Å²) in [6, 6.07) is 13.0. The Morgan fingerprint density at radius 3 is 2.50 bits per heavy atom. The molecule has 1 heteroatoms. The van der Waals surface area contributed by atoms with E-state index >= 15 is 0 Å². The maximum Gasteiger partial charge on any atom is 0.0346 e. The summed E-state index contributed by atoms with van der Waals surface area (Å²) in [6.07, 6.45) is 0. The predicted molar refractivity (Wildman–Crippen MR) is 62.8 cm³/mol. The maximum atomic E-state index is 3.31. The van der Waals surface area contributed by atoms with Crippen molar-refractivity contribution in [2.75, 3.05) is 11.9 Å². The molecule has 0 saturated carbocycles. The van der Waals surface area contributed by atoms with Gasteiger partial charge in [-0.25, -0.2) is 0 Å². The van der Waals surface area contributed by atoms with Crippen LogP contribution in [0.2, 0.25) is 0 Å². The van der Waals surface area contributed by atoms with Gasteiger partial charge in [0.05, 0.1) is 0 Å². The zero-order valence-electron chi connectivity index (χ0n) is 8.67. The first kappa shape index (κ1) is 9.07. The molecule has 0 atom stereocenters. The molecule has 0 radical (unpaired) electrons. The van der Waals surface area contributed by atoms with E-state index in [1.165, 1.54) is 22.0 Å². The molecular weight excluding hydrogens is 170 g/mol. The van der Waals surface area contributed by atoms with Gasteiger partial charge < -0.3 is 5.32 Å². The largest absolute Gasteiger partial charge is 0.385 e. The van der Waals surface area contributed by atoms with Crippen LogP contribution in [-0.4, -0.2) is 6.54 Å². The summed E-state index contributed by atoms with van der Waals surface area (Å²) in [7, 11) is 0. The van der Waals surface area contributed by atoms with E-state index < -0.39 is 0 Å². The van der Waals surface area contributed by atoms with Crippen LogP contribution in [0, 0.1) is 6.92 Å². The average Bonchev–Trinajstić information content (AvgIpc) is 2.19. The lowest BCUT2D eigenvalue weighted by Crippen LogP contribution is -1.95. The molecule has 0 aliphatic carbocycles. The van der Waals surface area contributed by atoms with E-state index in [1.54, 1.807) is 0 Å². The lowest BCUT2D eigenvalue weighted by molar-refractivity contribution is 1.21. The van der Waals surface area contributed by atoms with Gasteiger partial charge in [0.2, 0.25) is 0 Å². The Balaban J connectivity index is 2.50. The third kappa shape index (κ3) is 1.72. The fourth-order valence-electron chi connectivity index (χ4n) is 1.68. The van der Waals surface area contributed by atoms with Gasteiger partial charge in [0, 0.05) is 12.2 Å². The zero-order chi connectivity index (χ0) is 9.97. The molecule has 0 bridgehead atoms. The highest BCUT2D eigenvalue weighted by Crippen LogP contribution is 2.20. The lowest BCUT2D eigenvalue weighted by atomic mass is 10.1. The Kier molecular flexibility index (Phi) is 2.40. The highest BCUT2D eigenvalue weighted by Gasteiger charge is 1.95. The van der Waals surface area contributed by atoms with Gasteiger partial charge in [0.1, 0.15) is 0 Å². The second-order valence-electron chi connectivity index (χ2n) is 3.60. The Morgan fingerprint density at radius 1 is 1.00 bits per heavy atom. The second kappa shape index (κ2) is 3.70. The first-order valence-electron chi connectivity index (χ1n) is 5.04. The van der Waals surface area contributed by atoms with Crippen molar-refractivity contribution in [2.45, 2.75) is 13.8 Å². The number of rotatable bonds is 2. The fourth-order valence-corrected chi connectivity index (χ4v) is 1.68. The van der Waals surface area contributed by atoms with Gasteiger partial charge in [0.15, 0.2) is 0 Å². The van der Waals surface area contributed by atoms with Crippen LogP contribution in [0.25, 0.3) is 10.8 Å². The molecular formula is C13H15N. The number of fused-ring (bicyclic) bond motifs is 1. The van der Waals surface area contributed by atoms with E-state index in [2.05, 4.69) is 55.6 Å². The average molecular weight is 185 g/mol. The van der Waals surface area contributed by atoms with Gasteiger partial charge >= 0.3 is 0 Å². The van der Waals surface area contributed by atoms with E-state index in [9.17, 15) is 0 Å². The van der Waals surface area contributed by atoms with Crippen molar-refractivity contribution in [3.63, 3.8) is 0 Å². The van der Waals surface area contributed by atoms with Crippen molar-refractivity contribution in [1.29, 1.82) is 0 Å². The molecule has 0 unspecified atom stereocenters. The number of hydrogen-bond donors (Lipinski definition) is 1. The Labute approximate surface area is 84.8 Å². The number of anilines is 1. The molecule has 14 heavy (non-hydrogen) atoms. The van der Waals surface area contributed by atoms with Crippen LogP contribution in [0.15, 0.2) is 36.4 Å². The zero-order valence-corrected chi connectivity index (χ0v) is 8.67. The number of aryl methyl sites for hydroxylation is 1. The van der Waals surface area contributed by atoms with Gasteiger partial charge in [0.25, 0.3) is 0 Å². The van der Waals surface area contributed by atoms with Crippen LogP contribution in [0.1, 0.15) is 12.5 Å². The predicted octanol–water partition coefficient (Wildman–Crippen LogP) is 3.58. The summed E-state index contributed by atoms with van der Waals surface area (Å²) < 4.78 is 0. The van der Waals surface area contributed by atoms with Gasteiger partial charge in [-0.1, -0.05) is 29.8 Å². The van der Waals surface area contributed by atoms with Crippen molar-refractivity contribution in [2.24, 2.45) is 0 Å². The Hall–Kier alpha value is -1.50. The molecule has 2 rings (SSSR count). The standard InChI is InChI=1S/C13H15N/c1-3-14-13-7-6-11-8-10(2)4-5-12(11)9-13/h4-9,14H,3H2,1-2H3. The van der Waals surface area contributed by atoms with Crippen LogP contribution < -0.4 is 5.32 Å². The molecule has 0 amide bonds. The Bertz CT molecular complexity index is 446. The third-order valence-corrected chi connectivity index (χ3v) is 2.38. The Morgan fingerprint density at radius 2 is 1.71 bits per heavy atom. The van der Waals surface area contributed by atoms with Crippen LogP contribution in [0.4, 0.5) is 5.69 Å². The van der Waals surface area contributed by atoms with Crippen LogP contribution in [-0.2, 0) is 0 Å². The van der Waals surface area contributed by atoms with Crippen molar-refractivity contribution < 1.29 is 0 Å². The van der Waals surface area contributed by atoms with Crippen molar-refractivity contribution >= 4 is 16.5 Å². The van der Waals surface area contributed by atoms with E-state index in [0.717, 1.165) is 6.54 Å². The molecule has 1 nitrogen and oxygen atoms in total. The molecule has 0 spiro atoms. The maximum absolute atomic E-state index is 3.31. The monoisotopic (exact) mass is 185 g/mol. The summed E-state index contributed by atoms with van der Waals surface area (Å²) in [5.74, 6) is 0. The highest BCUT2D eigenvalue weighted by molar-refractivity contribution is 5.86. The topological polar surface area (TPSA) is 12.0 Å².